The largest absolute Gasteiger partial charge is 0.465 e. The van der Waals surface area contributed by atoms with Gasteiger partial charge in [0.2, 0.25) is 11.8 Å². The zero-order valence-electron chi connectivity index (χ0n) is 22.9. The van der Waals surface area contributed by atoms with Crippen LogP contribution in [0.1, 0.15) is 60.3 Å². The van der Waals surface area contributed by atoms with Gasteiger partial charge in [0.15, 0.2) is 0 Å². The number of amides is 2. The Bertz CT molecular complexity index is 919. The molecule has 3 rings (SSSR count). The number of ether oxygens (including phenoxy) is 1. The number of alkyl halides is 1. The van der Waals surface area contributed by atoms with E-state index in [1.165, 1.54) is 4.90 Å². The molecule has 3 unspecified atom stereocenters. The normalized spacial score (nSPS) is 30.8. The molecule has 3 fully saturated rings. The summed E-state index contributed by atoms with van der Waals surface area (Å²) < 4.78 is 4.86. The molecule has 0 aromatic rings. The van der Waals surface area contributed by atoms with Gasteiger partial charge in [0.25, 0.3) is 0 Å². The maximum absolute atomic E-state index is 14.5. The average molecular weight is 600 g/mol. The van der Waals surface area contributed by atoms with E-state index in [0.717, 1.165) is 12.8 Å². The topological polar surface area (TPSA) is 87.1 Å². The molecule has 2 bridgehead atoms. The van der Waals surface area contributed by atoms with Crippen molar-refractivity contribution in [3.63, 3.8) is 0 Å². The maximum atomic E-state index is 14.5. The third-order valence-electron chi connectivity index (χ3n) is 7.70. The lowest BCUT2D eigenvalue weighted by atomic mass is 9.70. The fourth-order valence-electron chi connectivity index (χ4n) is 6.83. The van der Waals surface area contributed by atoms with Crippen LogP contribution in [0.2, 0.25) is 0 Å². The average Bonchev–Trinajstić information content (AvgIpc) is 3.37. The van der Waals surface area contributed by atoms with E-state index >= 15 is 0 Å². The number of allylic oxidation sites excluding steroid dienone is 1. The van der Waals surface area contributed by atoms with Gasteiger partial charge in [-0.1, -0.05) is 48.9 Å². The first kappa shape index (κ1) is 30.2. The molecule has 7 nitrogen and oxygen atoms in total. The fraction of sp³-hybridized carbons (Fsp3) is 0.750. The van der Waals surface area contributed by atoms with Gasteiger partial charge in [-0.25, -0.2) is 0 Å². The van der Waals surface area contributed by atoms with Gasteiger partial charge in [-0.2, -0.15) is 0 Å². The smallest absolute Gasteiger partial charge is 0.310 e. The third-order valence-corrected chi connectivity index (χ3v) is 10.9. The van der Waals surface area contributed by atoms with Crippen LogP contribution < -0.4 is 0 Å². The van der Waals surface area contributed by atoms with Crippen LogP contribution in [0.25, 0.3) is 0 Å². The van der Waals surface area contributed by atoms with Crippen molar-refractivity contribution >= 4 is 45.5 Å². The Labute approximate surface area is 234 Å². The Morgan fingerprint density at radius 1 is 1.27 bits per heavy atom. The van der Waals surface area contributed by atoms with Crippen LogP contribution in [0.4, 0.5) is 0 Å². The molecule has 37 heavy (non-hydrogen) atoms. The molecule has 208 valence electrons. The molecular weight excluding hydrogens is 556 g/mol. The number of carbonyl (C=O) groups excluding carboxylic acids is 3. The van der Waals surface area contributed by atoms with E-state index in [0.29, 0.717) is 19.4 Å². The second kappa shape index (κ2) is 11.4. The van der Waals surface area contributed by atoms with Gasteiger partial charge in [-0.3, -0.25) is 14.4 Å². The Morgan fingerprint density at radius 2 is 1.95 bits per heavy atom. The number of unbranched alkanes of at least 4 members (excludes halogenated alkanes) is 1. The number of aliphatic hydroxyl groups is 1. The highest BCUT2D eigenvalue weighted by molar-refractivity contribution is 9.09. The molecule has 3 aliphatic rings. The van der Waals surface area contributed by atoms with E-state index in [1.807, 2.05) is 4.90 Å². The molecule has 3 aliphatic heterocycles. The van der Waals surface area contributed by atoms with Gasteiger partial charge >= 0.3 is 5.97 Å². The monoisotopic (exact) mass is 598 g/mol. The fourth-order valence-corrected chi connectivity index (χ4v) is 10.4. The van der Waals surface area contributed by atoms with Gasteiger partial charge < -0.3 is 19.6 Å². The summed E-state index contributed by atoms with van der Waals surface area (Å²) in [4.78, 5) is 45.1. The summed E-state index contributed by atoms with van der Waals surface area (Å²) in [6.07, 6.45) is 6.28. The van der Waals surface area contributed by atoms with Gasteiger partial charge in [-0.15, -0.1) is 24.9 Å². The SMILES string of the molecule is C=CCCCOC(=O)[C@H]1[C@H]2C(=O)N(CCO)C(C(=O)N(CC=C)C(C)(C)CC(C)(C)C)C23CC(Br)[C@@H]1S3. The summed E-state index contributed by atoms with van der Waals surface area (Å²) >= 11 is 5.35. The number of aliphatic hydroxyl groups excluding tert-OH is 1. The Hall–Kier alpha value is -1.32. The maximum Gasteiger partial charge on any atom is 0.310 e. The first-order valence-electron chi connectivity index (χ1n) is 13.2. The second-order valence-electron chi connectivity index (χ2n) is 12.3. The number of halogens is 1. The standard InChI is InChI=1S/C28H43BrN2O5S/c1-8-10-11-15-36-25(35)19-20-23(33)30(13-14-32)22(28(20)16-18(29)21(19)37-28)24(34)31(12-9-2)27(6,7)17-26(3,4)5/h8-9,18-22,32H,1-2,10-17H2,3-7H3/t18?,19-,20-,21-,22?,28?/m0/s1. The van der Waals surface area contributed by atoms with Crippen molar-refractivity contribution in [2.75, 3.05) is 26.3 Å². The number of nitrogens with zero attached hydrogens (tertiary/aromatic N) is 2. The van der Waals surface area contributed by atoms with Crippen LogP contribution in [0, 0.1) is 17.3 Å². The Kier molecular flexibility index (Phi) is 9.33. The quantitative estimate of drug-likeness (QED) is 0.157. The molecule has 9 heteroatoms. The van der Waals surface area contributed by atoms with Gasteiger partial charge in [0.1, 0.15) is 6.04 Å². The second-order valence-corrected chi connectivity index (χ2v) is 15.0. The van der Waals surface area contributed by atoms with E-state index < -0.39 is 28.2 Å². The summed E-state index contributed by atoms with van der Waals surface area (Å²) in [5, 5.41) is 9.72. The molecule has 3 saturated heterocycles. The summed E-state index contributed by atoms with van der Waals surface area (Å²) in [5.41, 5.74) is -0.521. The number of esters is 1. The zero-order chi connectivity index (χ0) is 27.8. The van der Waals surface area contributed by atoms with Gasteiger partial charge in [0.05, 0.1) is 29.8 Å². The number of carbonyl (C=O) groups is 3. The van der Waals surface area contributed by atoms with Crippen LogP contribution in [-0.4, -0.2) is 85.4 Å². The molecule has 3 heterocycles. The third kappa shape index (κ3) is 5.69. The van der Waals surface area contributed by atoms with Crippen LogP contribution in [-0.2, 0) is 19.1 Å². The van der Waals surface area contributed by atoms with Crippen molar-refractivity contribution in [2.24, 2.45) is 17.3 Å². The van der Waals surface area contributed by atoms with Crippen molar-refractivity contribution in [3.05, 3.63) is 25.3 Å². The Balaban J connectivity index is 2.01. The molecular formula is C28H43BrN2O5S. The van der Waals surface area contributed by atoms with E-state index in [1.54, 1.807) is 23.9 Å². The molecule has 0 aromatic carbocycles. The Morgan fingerprint density at radius 3 is 2.51 bits per heavy atom. The van der Waals surface area contributed by atoms with Gasteiger partial charge in [0, 0.05) is 28.7 Å². The first-order chi connectivity index (χ1) is 17.3. The van der Waals surface area contributed by atoms with E-state index in [9.17, 15) is 19.5 Å². The van der Waals surface area contributed by atoms with Gasteiger partial charge in [-0.05, 0) is 44.9 Å². The molecule has 2 amide bonds. The minimum absolute atomic E-state index is 0.0212. The predicted octanol–water partition coefficient (Wildman–Crippen LogP) is 4.18. The molecule has 1 N–H and O–H groups in total. The summed E-state index contributed by atoms with van der Waals surface area (Å²) in [6.45, 7) is 18.6. The number of thioether (sulfide) groups is 1. The molecule has 1 spiro atoms. The minimum atomic E-state index is -0.773. The molecule has 0 saturated carbocycles. The van der Waals surface area contributed by atoms with Crippen LogP contribution >= 0.6 is 27.7 Å². The zero-order valence-corrected chi connectivity index (χ0v) is 25.3. The minimum Gasteiger partial charge on any atom is -0.465 e. The number of rotatable bonds is 12. The van der Waals surface area contributed by atoms with E-state index in [-0.39, 0.29) is 53.0 Å². The molecule has 0 aromatic heterocycles. The molecule has 0 aliphatic carbocycles. The lowest BCUT2D eigenvalue weighted by Gasteiger charge is -2.46. The number of hydrogen-bond acceptors (Lipinski definition) is 6. The van der Waals surface area contributed by atoms with Crippen LogP contribution in [0.15, 0.2) is 25.3 Å². The van der Waals surface area contributed by atoms with E-state index in [4.69, 9.17) is 4.74 Å². The lowest BCUT2D eigenvalue weighted by molar-refractivity contribution is -0.154. The summed E-state index contributed by atoms with van der Waals surface area (Å²) in [5.74, 6) is -2.04. The highest BCUT2D eigenvalue weighted by Gasteiger charge is 2.76. The van der Waals surface area contributed by atoms with Crippen molar-refractivity contribution in [3.8, 4) is 0 Å². The molecule has 6 atom stereocenters. The van der Waals surface area contributed by atoms with Crippen molar-refractivity contribution in [1.82, 2.24) is 9.80 Å². The number of hydrogen-bond donors (Lipinski definition) is 1. The summed E-state index contributed by atoms with van der Waals surface area (Å²) in [7, 11) is 0. The van der Waals surface area contributed by atoms with Crippen molar-refractivity contribution < 1.29 is 24.2 Å². The van der Waals surface area contributed by atoms with Crippen molar-refractivity contribution in [2.45, 2.75) is 86.7 Å². The lowest BCUT2D eigenvalue weighted by Crippen LogP contribution is -2.60. The highest BCUT2D eigenvalue weighted by atomic mass is 79.9. The highest BCUT2D eigenvalue weighted by Crippen LogP contribution is 2.68. The van der Waals surface area contributed by atoms with E-state index in [2.05, 4.69) is 63.7 Å². The van der Waals surface area contributed by atoms with Crippen LogP contribution in [0.3, 0.4) is 0 Å². The molecule has 0 radical (unpaired) electrons. The number of fused-ring (bicyclic) bond motifs is 1. The number of β-amino-alcohol motifs (C(OH)–C–C–N with tert-alkyl or cyclic N) is 1. The van der Waals surface area contributed by atoms with Crippen LogP contribution in [0.5, 0.6) is 0 Å². The van der Waals surface area contributed by atoms with Crippen molar-refractivity contribution in [1.29, 1.82) is 0 Å². The summed E-state index contributed by atoms with van der Waals surface area (Å²) in [6, 6.07) is -0.773. The number of likely N-dealkylation sites (tertiary alicyclic amines) is 1. The predicted molar refractivity (Wildman–Crippen MR) is 151 cm³/mol. The first-order valence-corrected chi connectivity index (χ1v) is 15.0.